The lowest BCUT2D eigenvalue weighted by Crippen LogP contribution is -2.25. The lowest BCUT2D eigenvalue weighted by molar-refractivity contribution is 0.0951. The Balaban J connectivity index is 2.09. The molecule has 1 amide bonds. The SMILES string of the molecule is Cc1c(C(=O)NCCCCO)cc(-c2cc(C(C)(C)C)cc(C(C)(C)C)c2)n1CC1CCCCC1. The van der Waals surface area contributed by atoms with Crippen molar-refractivity contribution in [2.24, 2.45) is 5.92 Å². The van der Waals surface area contributed by atoms with Gasteiger partial charge in [0.05, 0.1) is 5.56 Å². The lowest BCUT2D eigenvalue weighted by Gasteiger charge is -2.27. The van der Waals surface area contributed by atoms with Crippen LogP contribution in [0, 0.1) is 12.8 Å². The number of benzene rings is 1. The van der Waals surface area contributed by atoms with E-state index in [9.17, 15) is 4.79 Å². The zero-order chi connectivity index (χ0) is 25.8. The summed E-state index contributed by atoms with van der Waals surface area (Å²) in [6.45, 7) is 17.5. The fraction of sp³-hybridized carbons (Fsp3) is 0.645. The number of aliphatic hydroxyl groups excluding tert-OH is 1. The Morgan fingerprint density at radius 1 is 0.943 bits per heavy atom. The summed E-state index contributed by atoms with van der Waals surface area (Å²) in [5.41, 5.74) is 6.95. The molecule has 0 unspecified atom stereocenters. The molecule has 1 aliphatic carbocycles. The van der Waals surface area contributed by atoms with Gasteiger partial charge in [-0.2, -0.15) is 0 Å². The minimum Gasteiger partial charge on any atom is -0.396 e. The first-order chi connectivity index (χ1) is 16.4. The number of aliphatic hydroxyl groups is 1. The maximum atomic E-state index is 13.2. The Morgan fingerprint density at radius 3 is 2.09 bits per heavy atom. The highest BCUT2D eigenvalue weighted by Crippen LogP contribution is 2.36. The van der Waals surface area contributed by atoms with Crippen molar-refractivity contribution in [1.29, 1.82) is 0 Å². The van der Waals surface area contributed by atoms with Crippen LogP contribution < -0.4 is 5.32 Å². The molecule has 35 heavy (non-hydrogen) atoms. The van der Waals surface area contributed by atoms with E-state index in [0.717, 1.165) is 29.9 Å². The van der Waals surface area contributed by atoms with Gasteiger partial charge in [0.25, 0.3) is 5.91 Å². The fourth-order valence-electron chi connectivity index (χ4n) is 5.15. The second-order valence-electron chi connectivity index (χ2n) is 12.6. The van der Waals surface area contributed by atoms with Crippen LogP contribution >= 0.6 is 0 Å². The largest absolute Gasteiger partial charge is 0.396 e. The molecule has 1 heterocycles. The Kier molecular flexibility index (Phi) is 8.91. The zero-order valence-corrected chi connectivity index (χ0v) is 23.3. The number of carbonyl (C=O) groups is 1. The first-order valence-corrected chi connectivity index (χ1v) is 13.7. The summed E-state index contributed by atoms with van der Waals surface area (Å²) in [6, 6.07) is 9.15. The Morgan fingerprint density at radius 2 is 1.54 bits per heavy atom. The van der Waals surface area contributed by atoms with Gasteiger partial charge in [-0.3, -0.25) is 4.79 Å². The number of hydrogen-bond acceptors (Lipinski definition) is 2. The molecule has 1 aromatic carbocycles. The van der Waals surface area contributed by atoms with Gasteiger partial charge in [0.1, 0.15) is 0 Å². The first kappa shape index (κ1) is 27.5. The molecule has 2 N–H and O–H groups in total. The molecule has 194 valence electrons. The average Bonchev–Trinajstić information content (AvgIpc) is 3.12. The molecular weight excluding hydrogens is 432 g/mol. The van der Waals surface area contributed by atoms with E-state index in [1.165, 1.54) is 48.8 Å². The van der Waals surface area contributed by atoms with Crippen molar-refractivity contribution in [3.63, 3.8) is 0 Å². The predicted octanol–water partition coefficient (Wildman–Crippen LogP) is 7.14. The number of carbonyl (C=O) groups excluding carboxylic acids is 1. The Labute approximate surface area is 213 Å². The molecule has 0 radical (unpaired) electrons. The third kappa shape index (κ3) is 7.00. The number of unbranched alkanes of at least 4 members (excludes halogenated alkanes) is 1. The van der Waals surface area contributed by atoms with Gasteiger partial charge in [-0.1, -0.05) is 66.9 Å². The first-order valence-electron chi connectivity index (χ1n) is 13.7. The van der Waals surface area contributed by atoms with E-state index in [0.29, 0.717) is 18.9 Å². The summed E-state index contributed by atoms with van der Waals surface area (Å²) in [5.74, 6) is 0.661. The van der Waals surface area contributed by atoms with Gasteiger partial charge >= 0.3 is 0 Å². The molecule has 3 rings (SSSR count). The minimum atomic E-state index is -0.00731. The normalized spacial score (nSPS) is 15.4. The standard InChI is InChI=1S/C31H48N2O2/c1-22-27(29(35)32-15-11-12-16-34)20-28(33(22)21-23-13-9-8-10-14-23)24-17-25(30(2,3)4)19-26(18-24)31(5,6)7/h17-20,23,34H,8-16,21H2,1-7H3,(H,32,35). The molecule has 0 bridgehead atoms. The summed E-state index contributed by atoms with van der Waals surface area (Å²) >= 11 is 0. The smallest absolute Gasteiger partial charge is 0.253 e. The topological polar surface area (TPSA) is 54.3 Å². The van der Waals surface area contributed by atoms with Crippen LogP contribution in [0.15, 0.2) is 24.3 Å². The number of nitrogens with zero attached hydrogens (tertiary/aromatic N) is 1. The number of aromatic nitrogens is 1. The third-order valence-electron chi connectivity index (χ3n) is 7.61. The van der Waals surface area contributed by atoms with E-state index >= 15 is 0 Å². The third-order valence-corrected chi connectivity index (χ3v) is 7.61. The van der Waals surface area contributed by atoms with Crippen LogP contribution in [0.5, 0.6) is 0 Å². The van der Waals surface area contributed by atoms with E-state index in [1.807, 2.05) is 0 Å². The van der Waals surface area contributed by atoms with Crippen molar-refractivity contribution in [3.05, 3.63) is 46.6 Å². The molecule has 0 saturated heterocycles. The van der Waals surface area contributed by atoms with Gasteiger partial charge < -0.3 is 15.0 Å². The van der Waals surface area contributed by atoms with Crippen molar-refractivity contribution in [2.45, 2.75) is 111 Å². The van der Waals surface area contributed by atoms with Crippen LogP contribution in [0.3, 0.4) is 0 Å². The highest BCUT2D eigenvalue weighted by Gasteiger charge is 2.25. The average molecular weight is 481 g/mol. The maximum Gasteiger partial charge on any atom is 0.253 e. The van der Waals surface area contributed by atoms with E-state index in [2.05, 4.69) is 82.6 Å². The maximum absolute atomic E-state index is 13.2. The summed E-state index contributed by atoms with van der Waals surface area (Å²) in [4.78, 5) is 13.2. The van der Waals surface area contributed by atoms with E-state index in [4.69, 9.17) is 5.11 Å². The Hall–Kier alpha value is -2.07. The van der Waals surface area contributed by atoms with Gasteiger partial charge in [0, 0.05) is 31.1 Å². The molecule has 0 spiro atoms. The van der Waals surface area contributed by atoms with Crippen LogP contribution in [0.1, 0.15) is 114 Å². The molecule has 0 aliphatic heterocycles. The molecular formula is C31H48N2O2. The lowest BCUT2D eigenvalue weighted by atomic mass is 9.79. The van der Waals surface area contributed by atoms with Crippen LogP contribution in [0.25, 0.3) is 11.3 Å². The van der Waals surface area contributed by atoms with Gasteiger partial charge in [-0.15, -0.1) is 0 Å². The van der Waals surface area contributed by atoms with Crippen molar-refractivity contribution < 1.29 is 9.90 Å². The molecule has 2 aromatic rings. The minimum absolute atomic E-state index is 0.00731. The molecule has 1 aromatic heterocycles. The molecule has 0 atom stereocenters. The summed E-state index contributed by atoms with van der Waals surface area (Å²) in [5, 5.41) is 12.1. The van der Waals surface area contributed by atoms with Crippen molar-refractivity contribution in [1.82, 2.24) is 9.88 Å². The van der Waals surface area contributed by atoms with Crippen LogP contribution in [0.4, 0.5) is 0 Å². The number of nitrogens with one attached hydrogen (secondary N) is 1. The van der Waals surface area contributed by atoms with Crippen molar-refractivity contribution in [2.75, 3.05) is 13.2 Å². The van der Waals surface area contributed by atoms with Gasteiger partial charge in [-0.05, 0) is 84.2 Å². The molecule has 1 fully saturated rings. The number of hydrogen-bond donors (Lipinski definition) is 2. The second-order valence-corrected chi connectivity index (χ2v) is 12.6. The second kappa shape index (κ2) is 11.3. The number of rotatable bonds is 8. The zero-order valence-electron chi connectivity index (χ0n) is 23.3. The molecule has 4 heteroatoms. The highest BCUT2D eigenvalue weighted by atomic mass is 16.3. The Bertz CT molecular complexity index is 966. The molecule has 4 nitrogen and oxygen atoms in total. The highest BCUT2D eigenvalue weighted by molar-refractivity contribution is 5.97. The monoisotopic (exact) mass is 480 g/mol. The molecule has 1 saturated carbocycles. The van der Waals surface area contributed by atoms with Gasteiger partial charge in [0.15, 0.2) is 0 Å². The van der Waals surface area contributed by atoms with Gasteiger partial charge in [-0.25, -0.2) is 0 Å². The summed E-state index contributed by atoms with van der Waals surface area (Å²) in [6.07, 6.45) is 8.02. The van der Waals surface area contributed by atoms with Crippen molar-refractivity contribution >= 4 is 5.91 Å². The number of amides is 1. The van der Waals surface area contributed by atoms with Crippen LogP contribution in [0.2, 0.25) is 0 Å². The van der Waals surface area contributed by atoms with Crippen LogP contribution in [-0.2, 0) is 17.4 Å². The fourth-order valence-corrected chi connectivity index (χ4v) is 5.15. The van der Waals surface area contributed by atoms with E-state index in [-0.39, 0.29) is 23.3 Å². The van der Waals surface area contributed by atoms with Crippen molar-refractivity contribution in [3.8, 4) is 11.3 Å². The van der Waals surface area contributed by atoms with Gasteiger partial charge in [0.2, 0.25) is 0 Å². The van der Waals surface area contributed by atoms with Crippen LogP contribution in [-0.4, -0.2) is 28.7 Å². The van der Waals surface area contributed by atoms with E-state index < -0.39 is 0 Å². The summed E-state index contributed by atoms with van der Waals surface area (Å²) < 4.78 is 2.42. The quantitative estimate of drug-likeness (QED) is 0.394. The van der Waals surface area contributed by atoms with E-state index in [1.54, 1.807) is 0 Å². The predicted molar refractivity (Wildman–Crippen MR) is 147 cm³/mol. The summed E-state index contributed by atoms with van der Waals surface area (Å²) in [7, 11) is 0. The molecule has 1 aliphatic rings.